The Labute approximate surface area is 115 Å². The molecule has 1 amide bonds. The molecule has 0 atom stereocenters. The van der Waals surface area contributed by atoms with Gasteiger partial charge in [-0.2, -0.15) is 0 Å². The lowest BCUT2D eigenvalue weighted by molar-refractivity contribution is 0.0991. The first-order valence-electron chi connectivity index (χ1n) is 6.62. The Kier molecular flexibility index (Phi) is 2.09. The van der Waals surface area contributed by atoms with Crippen molar-refractivity contribution in [3.05, 3.63) is 35.0 Å². The molecule has 102 valence electrons. The van der Waals surface area contributed by atoms with Gasteiger partial charge in [-0.15, -0.1) is 0 Å². The Bertz CT molecular complexity index is 729. The van der Waals surface area contributed by atoms with E-state index in [0.717, 1.165) is 36.1 Å². The maximum absolute atomic E-state index is 11.5. The number of amides is 1. The molecule has 2 aliphatic carbocycles. The summed E-state index contributed by atoms with van der Waals surface area (Å²) >= 11 is 0. The number of primary amides is 1. The standard InChI is InChI=1S/C15H14N2O3/c1-19-8-2-3-11-9(6-8)13-10(7-15(11)4-5-15)12(14(16)18)17-20-13/h2-3,6H,4-5,7H2,1H3,(H2,16,18). The average Bonchev–Trinajstić information content (AvgIpc) is 3.08. The molecule has 1 aromatic heterocycles. The van der Waals surface area contributed by atoms with Gasteiger partial charge in [-0.25, -0.2) is 0 Å². The molecule has 0 bridgehead atoms. The van der Waals surface area contributed by atoms with E-state index in [1.165, 1.54) is 5.56 Å². The second kappa shape index (κ2) is 3.62. The molecule has 1 heterocycles. The minimum absolute atomic E-state index is 0.129. The van der Waals surface area contributed by atoms with Crippen LogP contribution in [0.1, 0.15) is 34.5 Å². The van der Waals surface area contributed by atoms with Crippen LogP contribution in [0.15, 0.2) is 22.7 Å². The van der Waals surface area contributed by atoms with Crippen molar-refractivity contribution in [3.8, 4) is 17.1 Å². The van der Waals surface area contributed by atoms with Crippen LogP contribution < -0.4 is 10.5 Å². The molecule has 2 aromatic rings. The molecule has 4 rings (SSSR count). The number of carbonyl (C=O) groups excluding carboxylic acids is 1. The Balaban J connectivity index is 1.98. The van der Waals surface area contributed by atoms with Crippen LogP contribution in [0.5, 0.6) is 5.75 Å². The highest BCUT2D eigenvalue weighted by Crippen LogP contribution is 2.58. The van der Waals surface area contributed by atoms with Gasteiger partial charge in [0.1, 0.15) is 5.75 Å². The van der Waals surface area contributed by atoms with Crippen LogP contribution in [0.4, 0.5) is 0 Å². The SMILES string of the molecule is COc1ccc2c(c1)-c1onc(C(N)=O)c1CC21CC1. The molecule has 0 radical (unpaired) electrons. The summed E-state index contributed by atoms with van der Waals surface area (Å²) in [6.45, 7) is 0. The second-order valence-corrected chi connectivity index (χ2v) is 5.57. The number of nitrogens with two attached hydrogens (primary N) is 1. The average molecular weight is 270 g/mol. The summed E-state index contributed by atoms with van der Waals surface area (Å²) in [4.78, 5) is 11.5. The van der Waals surface area contributed by atoms with E-state index in [1.807, 2.05) is 12.1 Å². The smallest absolute Gasteiger partial charge is 0.271 e. The van der Waals surface area contributed by atoms with Crippen molar-refractivity contribution in [1.82, 2.24) is 5.16 Å². The number of ether oxygens (including phenoxy) is 1. The highest BCUT2D eigenvalue weighted by molar-refractivity contribution is 5.94. The van der Waals surface area contributed by atoms with Crippen molar-refractivity contribution < 1.29 is 14.1 Å². The fourth-order valence-electron chi connectivity index (χ4n) is 3.21. The normalized spacial score (nSPS) is 17.4. The number of carbonyl (C=O) groups is 1. The van der Waals surface area contributed by atoms with Crippen LogP contribution in [-0.4, -0.2) is 18.2 Å². The minimum Gasteiger partial charge on any atom is -0.497 e. The van der Waals surface area contributed by atoms with E-state index in [4.69, 9.17) is 15.0 Å². The van der Waals surface area contributed by atoms with Crippen LogP contribution in [0.3, 0.4) is 0 Å². The topological polar surface area (TPSA) is 78.3 Å². The number of hydrogen-bond acceptors (Lipinski definition) is 4. The fourth-order valence-corrected chi connectivity index (χ4v) is 3.21. The Hall–Kier alpha value is -2.30. The molecule has 2 N–H and O–H groups in total. The predicted molar refractivity (Wildman–Crippen MR) is 71.6 cm³/mol. The van der Waals surface area contributed by atoms with E-state index in [-0.39, 0.29) is 11.1 Å². The van der Waals surface area contributed by atoms with Crippen molar-refractivity contribution in [2.24, 2.45) is 5.73 Å². The van der Waals surface area contributed by atoms with Crippen LogP contribution in [0.2, 0.25) is 0 Å². The number of hydrogen-bond donors (Lipinski definition) is 1. The first kappa shape index (κ1) is 11.5. The summed E-state index contributed by atoms with van der Waals surface area (Å²) in [5.74, 6) is 0.895. The largest absolute Gasteiger partial charge is 0.497 e. The van der Waals surface area contributed by atoms with Crippen molar-refractivity contribution in [2.45, 2.75) is 24.7 Å². The lowest BCUT2D eigenvalue weighted by atomic mass is 9.78. The number of nitrogens with zero attached hydrogens (tertiary/aromatic N) is 1. The molecular weight excluding hydrogens is 256 g/mol. The zero-order chi connectivity index (χ0) is 13.9. The lowest BCUT2D eigenvalue weighted by Crippen LogP contribution is -2.21. The van der Waals surface area contributed by atoms with E-state index in [1.54, 1.807) is 7.11 Å². The quantitative estimate of drug-likeness (QED) is 0.905. The summed E-state index contributed by atoms with van der Waals surface area (Å²) in [7, 11) is 1.63. The fraction of sp³-hybridized carbons (Fsp3) is 0.333. The van der Waals surface area contributed by atoms with Gasteiger partial charge in [-0.05, 0) is 37.0 Å². The molecule has 0 saturated heterocycles. The van der Waals surface area contributed by atoms with Crippen LogP contribution in [0, 0.1) is 0 Å². The third-order valence-electron chi connectivity index (χ3n) is 4.43. The number of benzene rings is 1. The van der Waals surface area contributed by atoms with E-state index in [0.29, 0.717) is 5.76 Å². The minimum atomic E-state index is -0.530. The molecule has 2 aliphatic rings. The van der Waals surface area contributed by atoms with Gasteiger partial charge in [0.05, 0.1) is 7.11 Å². The lowest BCUT2D eigenvalue weighted by Gasteiger charge is -2.24. The van der Waals surface area contributed by atoms with Crippen LogP contribution in [0.25, 0.3) is 11.3 Å². The molecule has 1 fully saturated rings. The van der Waals surface area contributed by atoms with E-state index in [2.05, 4.69) is 11.2 Å². The van der Waals surface area contributed by atoms with Crippen molar-refractivity contribution in [1.29, 1.82) is 0 Å². The summed E-state index contributed by atoms with van der Waals surface area (Å²) in [6.07, 6.45) is 3.02. The molecule has 1 aromatic carbocycles. The third-order valence-corrected chi connectivity index (χ3v) is 4.43. The molecule has 5 nitrogen and oxygen atoms in total. The van der Waals surface area contributed by atoms with E-state index >= 15 is 0 Å². The highest BCUT2D eigenvalue weighted by Gasteiger charge is 2.50. The number of aromatic nitrogens is 1. The zero-order valence-corrected chi connectivity index (χ0v) is 11.1. The van der Waals surface area contributed by atoms with Gasteiger partial charge in [0.25, 0.3) is 5.91 Å². The molecule has 0 unspecified atom stereocenters. The second-order valence-electron chi connectivity index (χ2n) is 5.57. The maximum atomic E-state index is 11.5. The molecule has 1 saturated carbocycles. The molecular formula is C15H14N2O3. The highest BCUT2D eigenvalue weighted by atomic mass is 16.5. The summed E-state index contributed by atoms with van der Waals surface area (Å²) in [5.41, 5.74) is 8.85. The van der Waals surface area contributed by atoms with Gasteiger partial charge >= 0.3 is 0 Å². The van der Waals surface area contributed by atoms with Crippen LogP contribution in [-0.2, 0) is 11.8 Å². The van der Waals surface area contributed by atoms with Gasteiger partial charge in [-0.3, -0.25) is 4.79 Å². The van der Waals surface area contributed by atoms with E-state index < -0.39 is 5.91 Å². The summed E-state index contributed by atoms with van der Waals surface area (Å²) in [6, 6.07) is 6.01. The number of fused-ring (bicyclic) bond motifs is 4. The van der Waals surface area contributed by atoms with Crippen molar-refractivity contribution in [3.63, 3.8) is 0 Å². The van der Waals surface area contributed by atoms with Crippen molar-refractivity contribution >= 4 is 5.91 Å². The van der Waals surface area contributed by atoms with Gasteiger partial charge < -0.3 is 15.0 Å². The molecule has 0 aliphatic heterocycles. The van der Waals surface area contributed by atoms with Crippen LogP contribution >= 0.6 is 0 Å². The van der Waals surface area contributed by atoms with Gasteiger partial charge in [-0.1, -0.05) is 11.2 Å². The van der Waals surface area contributed by atoms with E-state index in [9.17, 15) is 4.79 Å². The molecule has 20 heavy (non-hydrogen) atoms. The summed E-state index contributed by atoms with van der Waals surface area (Å²) in [5, 5.41) is 3.85. The third kappa shape index (κ3) is 1.37. The van der Waals surface area contributed by atoms with Gasteiger partial charge in [0, 0.05) is 16.5 Å². The predicted octanol–water partition coefficient (Wildman–Crippen LogP) is 2.04. The first-order valence-corrected chi connectivity index (χ1v) is 6.62. The number of rotatable bonds is 2. The zero-order valence-electron chi connectivity index (χ0n) is 11.1. The Morgan fingerprint density at radius 2 is 2.25 bits per heavy atom. The molecule has 1 spiro atoms. The molecule has 5 heteroatoms. The maximum Gasteiger partial charge on any atom is 0.271 e. The summed E-state index contributed by atoms with van der Waals surface area (Å²) < 4.78 is 10.7. The van der Waals surface area contributed by atoms with Gasteiger partial charge in [0.15, 0.2) is 11.5 Å². The monoisotopic (exact) mass is 270 g/mol. The Morgan fingerprint density at radius 3 is 2.90 bits per heavy atom. The van der Waals surface area contributed by atoms with Crippen molar-refractivity contribution in [2.75, 3.05) is 7.11 Å². The first-order chi connectivity index (χ1) is 9.64. The number of methoxy groups -OCH3 is 1. The van der Waals surface area contributed by atoms with Gasteiger partial charge in [0.2, 0.25) is 0 Å². The Morgan fingerprint density at radius 1 is 1.45 bits per heavy atom.